The van der Waals surface area contributed by atoms with E-state index in [0.29, 0.717) is 17.5 Å². The Morgan fingerprint density at radius 3 is 2.80 bits per heavy atom. The number of nitrogens with zero attached hydrogens (tertiary/aromatic N) is 1. The molecule has 106 valence electrons. The number of phenols is 1. The average Bonchev–Trinajstić information content (AvgIpc) is 2.40. The van der Waals surface area contributed by atoms with E-state index < -0.39 is 23.8 Å². The number of phenolic OH excluding ortho intramolecular Hbond substituents is 1. The lowest BCUT2D eigenvalue weighted by Crippen LogP contribution is -2.59. The fourth-order valence-electron chi connectivity index (χ4n) is 2.30. The maximum atomic E-state index is 12.5. The van der Waals surface area contributed by atoms with Crippen molar-refractivity contribution in [1.29, 1.82) is 0 Å². The number of hydrogen-bond donors (Lipinski definition) is 2. The fraction of sp³-hybridized carbons (Fsp3) is 0.357. The predicted octanol–water partition coefficient (Wildman–Crippen LogP) is 0.578. The van der Waals surface area contributed by atoms with Crippen LogP contribution in [-0.4, -0.2) is 40.3 Å². The number of imide groups is 1. The molecule has 0 saturated carbocycles. The van der Waals surface area contributed by atoms with Crippen molar-refractivity contribution in [2.75, 3.05) is 6.54 Å². The quantitative estimate of drug-likeness (QED) is 0.773. The first kappa shape index (κ1) is 14.0. The van der Waals surface area contributed by atoms with Crippen LogP contribution in [0.2, 0.25) is 0 Å². The second kappa shape index (κ2) is 5.32. The van der Waals surface area contributed by atoms with E-state index >= 15 is 0 Å². The molecule has 2 N–H and O–H groups in total. The molecule has 6 heteroatoms. The molecular formula is C14H16N2O4. The molecule has 1 atom stereocenters. The smallest absolute Gasteiger partial charge is 0.255 e. The first-order valence-corrected chi connectivity index (χ1v) is 6.39. The molecule has 1 aliphatic heterocycles. The molecule has 1 aromatic rings. The minimum absolute atomic E-state index is 0.0108. The number of hydrogen-bond acceptors (Lipinski definition) is 4. The van der Waals surface area contributed by atoms with Crippen molar-refractivity contribution < 1.29 is 19.5 Å². The summed E-state index contributed by atoms with van der Waals surface area (Å²) in [4.78, 5) is 37.0. The van der Waals surface area contributed by atoms with Crippen LogP contribution in [0.4, 0.5) is 0 Å². The molecule has 0 aromatic heterocycles. The van der Waals surface area contributed by atoms with Crippen LogP contribution in [0.25, 0.3) is 0 Å². The summed E-state index contributed by atoms with van der Waals surface area (Å²) < 4.78 is 0. The van der Waals surface area contributed by atoms with Crippen molar-refractivity contribution in [3.63, 3.8) is 0 Å². The number of amides is 3. The van der Waals surface area contributed by atoms with E-state index in [1.807, 2.05) is 0 Å². The van der Waals surface area contributed by atoms with Gasteiger partial charge in [-0.2, -0.15) is 0 Å². The zero-order valence-electron chi connectivity index (χ0n) is 11.3. The number of aromatic hydroxyl groups is 1. The van der Waals surface area contributed by atoms with Crippen LogP contribution in [0.5, 0.6) is 5.75 Å². The molecule has 6 nitrogen and oxygen atoms in total. The van der Waals surface area contributed by atoms with Gasteiger partial charge in [-0.1, -0.05) is 13.0 Å². The Balaban J connectivity index is 2.37. The van der Waals surface area contributed by atoms with E-state index in [2.05, 4.69) is 5.32 Å². The lowest BCUT2D eigenvalue weighted by Gasteiger charge is -2.33. The molecule has 2 rings (SSSR count). The standard InChI is InChI=1S/C14H16N2O4/c1-3-10-13(19)15-12(18)7-16(10)14(20)9-5-4-6-11(17)8(9)2/h4-6,10,17H,3,7H2,1-2H3,(H,15,18,19). The lowest BCUT2D eigenvalue weighted by atomic mass is 10.0. The van der Waals surface area contributed by atoms with E-state index in [4.69, 9.17) is 0 Å². The predicted molar refractivity (Wildman–Crippen MR) is 71.1 cm³/mol. The highest BCUT2D eigenvalue weighted by Crippen LogP contribution is 2.22. The molecule has 1 fully saturated rings. The maximum Gasteiger partial charge on any atom is 0.255 e. The van der Waals surface area contributed by atoms with E-state index in [1.54, 1.807) is 26.0 Å². The van der Waals surface area contributed by atoms with Gasteiger partial charge in [0.05, 0.1) is 0 Å². The van der Waals surface area contributed by atoms with Gasteiger partial charge in [0.2, 0.25) is 11.8 Å². The van der Waals surface area contributed by atoms with Crippen LogP contribution in [0.3, 0.4) is 0 Å². The first-order chi connectivity index (χ1) is 9.45. The molecule has 0 radical (unpaired) electrons. The molecule has 1 aliphatic rings. The summed E-state index contributed by atoms with van der Waals surface area (Å²) in [6, 6.07) is 3.95. The Kier molecular flexibility index (Phi) is 3.74. The van der Waals surface area contributed by atoms with E-state index in [1.165, 1.54) is 11.0 Å². The molecule has 0 bridgehead atoms. The Labute approximate surface area is 116 Å². The molecular weight excluding hydrogens is 260 g/mol. The number of nitrogens with one attached hydrogen (secondary N) is 1. The Morgan fingerprint density at radius 1 is 1.45 bits per heavy atom. The minimum Gasteiger partial charge on any atom is -0.508 e. The summed E-state index contributed by atoms with van der Waals surface area (Å²) >= 11 is 0. The number of carbonyl (C=O) groups is 3. The molecule has 1 unspecified atom stereocenters. The molecule has 1 aromatic carbocycles. The minimum atomic E-state index is -0.665. The van der Waals surface area contributed by atoms with Crippen LogP contribution in [0.15, 0.2) is 18.2 Å². The van der Waals surface area contributed by atoms with E-state index in [9.17, 15) is 19.5 Å². The number of piperazine rings is 1. The fourth-order valence-corrected chi connectivity index (χ4v) is 2.30. The number of rotatable bonds is 2. The van der Waals surface area contributed by atoms with Gasteiger partial charge in [-0.25, -0.2) is 0 Å². The van der Waals surface area contributed by atoms with Gasteiger partial charge < -0.3 is 10.0 Å². The van der Waals surface area contributed by atoms with Gasteiger partial charge in [-0.15, -0.1) is 0 Å². The third-order valence-corrected chi connectivity index (χ3v) is 3.44. The summed E-state index contributed by atoms with van der Waals surface area (Å²) in [5.74, 6) is -1.37. The summed E-state index contributed by atoms with van der Waals surface area (Å²) in [5, 5.41) is 11.9. The van der Waals surface area contributed by atoms with Gasteiger partial charge in [0, 0.05) is 11.1 Å². The summed E-state index contributed by atoms with van der Waals surface area (Å²) in [5.41, 5.74) is 0.733. The van der Waals surface area contributed by atoms with Crippen LogP contribution in [-0.2, 0) is 9.59 Å². The van der Waals surface area contributed by atoms with Crippen molar-refractivity contribution in [3.8, 4) is 5.75 Å². The zero-order chi connectivity index (χ0) is 14.9. The Bertz CT molecular complexity index is 583. The highest BCUT2D eigenvalue weighted by Gasteiger charge is 2.36. The molecule has 3 amide bonds. The zero-order valence-corrected chi connectivity index (χ0v) is 11.3. The van der Waals surface area contributed by atoms with Gasteiger partial charge in [-0.3, -0.25) is 19.7 Å². The second-order valence-electron chi connectivity index (χ2n) is 4.72. The van der Waals surface area contributed by atoms with Gasteiger partial charge >= 0.3 is 0 Å². The second-order valence-corrected chi connectivity index (χ2v) is 4.72. The molecule has 20 heavy (non-hydrogen) atoms. The van der Waals surface area contributed by atoms with Gasteiger partial charge in [0.1, 0.15) is 18.3 Å². The van der Waals surface area contributed by atoms with Crippen LogP contribution in [0.1, 0.15) is 29.3 Å². The van der Waals surface area contributed by atoms with Crippen LogP contribution < -0.4 is 5.32 Å². The largest absolute Gasteiger partial charge is 0.508 e. The Hall–Kier alpha value is -2.37. The number of benzene rings is 1. The van der Waals surface area contributed by atoms with Gasteiger partial charge in [0.25, 0.3) is 5.91 Å². The van der Waals surface area contributed by atoms with E-state index in [0.717, 1.165) is 0 Å². The lowest BCUT2D eigenvalue weighted by molar-refractivity contribution is -0.138. The maximum absolute atomic E-state index is 12.5. The van der Waals surface area contributed by atoms with Crippen molar-refractivity contribution in [2.24, 2.45) is 0 Å². The SMILES string of the molecule is CCC1C(=O)NC(=O)CN1C(=O)c1cccc(O)c1C. The van der Waals surface area contributed by atoms with Crippen LogP contribution in [0, 0.1) is 6.92 Å². The monoisotopic (exact) mass is 276 g/mol. The van der Waals surface area contributed by atoms with Crippen molar-refractivity contribution in [1.82, 2.24) is 10.2 Å². The summed E-state index contributed by atoms with van der Waals surface area (Å²) in [7, 11) is 0. The third-order valence-electron chi connectivity index (χ3n) is 3.44. The normalized spacial score (nSPS) is 18.9. The van der Waals surface area contributed by atoms with Gasteiger partial charge in [-0.05, 0) is 25.5 Å². The van der Waals surface area contributed by atoms with Crippen molar-refractivity contribution in [3.05, 3.63) is 29.3 Å². The molecule has 1 heterocycles. The molecule has 1 saturated heterocycles. The summed E-state index contributed by atoms with van der Waals surface area (Å²) in [6.07, 6.45) is 0.419. The van der Waals surface area contributed by atoms with Crippen molar-refractivity contribution >= 4 is 17.7 Å². The number of carbonyl (C=O) groups excluding carboxylic acids is 3. The van der Waals surface area contributed by atoms with Crippen LogP contribution >= 0.6 is 0 Å². The first-order valence-electron chi connectivity index (χ1n) is 6.39. The molecule has 0 aliphatic carbocycles. The van der Waals surface area contributed by atoms with Gasteiger partial charge in [0.15, 0.2) is 0 Å². The molecule has 0 spiro atoms. The Morgan fingerprint density at radius 2 is 2.15 bits per heavy atom. The topological polar surface area (TPSA) is 86.7 Å². The average molecular weight is 276 g/mol. The summed E-state index contributed by atoms with van der Waals surface area (Å²) in [6.45, 7) is 3.24. The highest BCUT2D eigenvalue weighted by atomic mass is 16.3. The van der Waals surface area contributed by atoms with Crippen molar-refractivity contribution in [2.45, 2.75) is 26.3 Å². The highest BCUT2D eigenvalue weighted by molar-refractivity contribution is 6.07. The third kappa shape index (κ3) is 2.36. The van der Waals surface area contributed by atoms with E-state index in [-0.39, 0.29) is 12.3 Å².